The van der Waals surface area contributed by atoms with E-state index in [4.69, 9.17) is 17.2 Å². The fourth-order valence-corrected chi connectivity index (χ4v) is 7.14. The largest absolute Gasteiger partial charge is 0.480 e. The summed E-state index contributed by atoms with van der Waals surface area (Å²) >= 11 is 0. The molecule has 0 unspecified atom stereocenters. The van der Waals surface area contributed by atoms with Gasteiger partial charge in [0.1, 0.15) is 36.3 Å². The molecule has 0 radical (unpaired) electrons. The van der Waals surface area contributed by atoms with Gasteiger partial charge in [0.05, 0.1) is 66.1 Å². The molecule has 18 N–H and O–H groups in total. The summed E-state index contributed by atoms with van der Waals surface area (Å²) in [4.78, 5) is 131. The van der Waals surface area contributed by atoms with Gasteiger partial charge in [-0.25, -0.2) is 29.7 Å². The van der Waals surface area contributed by atoms with Crippen LogP contribution in [0.3, 0.4) is 0 Å². The molecule has 0 aromatic carbocycles. The van der Waals surface area contributed by atoms with E-state index in [1.165, 1.54) is 56.4 Å². The number of nitrogens with zero attached hydrogens (tertiary/aromatic N) is 5. The lowest BCUT2D eigenvalue weighted by molar-refractivity contribution is -0.142. The highest BCUT2D eigenvalue weighted by Crippen LogP contribution is 2.10. The molecule has 0 aliphatic rings. The highest BCUT2D eigenvalue weighted by molar-refractivity contribution is 5.97. The SMILES string of the molecule is NCCCC[C@H](NC(=O)[C@H](Cc1c[nH]cn1)NC(=O)[C@H](Cc1c[nH]cn1)NC(=O)[C@@H](N)CCCCN)C(=O)N[C@@H](Cc1c[nH]cn1)C(=O)N[C@@H](Cc1c[nH]cn1)C(=O)N[C@@H](Cc1c[nH]cn1)C(=O)O. The summed E-state index contributed by atoms with van der Waals surface area (Å²) < 4.78 is 0. The number of imidazole rings is 5. The van der Waals surface area contributed by atoms with Crippen LogP contribution in [0.1, 0.15) is 67.0 Å². The second-order valence-corrected chi connectivity index (χ2v) is 16.2. The zero-order valence-corrected chi connectivity index (χ0v) is 37.8. The predicted molar refractivity (Wildman–Crippen MR) is 244 cm³/mol. The molecule has 0 bridgehead atoms. The van der Waals surface area contributed by atoms with Crippen molar-refractivity contribution in [2.75, 3.05) is 13.1 Å². The topological polar surface area (TPSA) is 433 Å². The summed E-state index contributed by atoms with van der Waals surface area (Å²) in [7, 11) is 0. The van der Waals surface area contributed by atoms with E-state index >= 15 is 0 Å². The molecule has 7 atom stereocenters. The second kappa shape index (κ2) is 27.1. The molecule has 5 aromatic heterocycles. The maximum atomic E-state index is 14.4. The van der Waals surface area contributed by atoms with Gasteiger partial charge in [-0.15, -0.1) is 0 Å². The first kappa shape index (κ1) is 52.2. The lowest BCUT2D eigenvalue weighted by atomic mass is 10.0. The Morgan fingerprint density at radius 3 is 1.00 bits per heavy atom. The van der Waals surface area contributed by atoms with Gasteiger partial charge in [-0.05, 0) is 45.2 Å². The first-order valence-corrected chi connectivity index (χ1v) is 22.4. The van der Waals surface area contributed by atoms with Crippen LogP contribution in [-0.2, 0) is 65.7 Å². The minimum Gasteiger partial charge on any atom is -0.480 e. The number of hydrogen-bond acceptors (Lipinski definition) is 15. The summed E-state index contributed by atoms with van der Waals surface area (Å²) in [5, 5.41) is 25.9. The quantitative estimate of drug-likeness (QED) is 0.0191. The van der Waals surface area contributed by atoms with E-state index in [2.05, 4.69) is 81.7 Å². The van der Waals surface area contributed by atoms with Crippen LogP contribution < -0.4 is 49.1 Å². The number of rotatable bonds is 31. The lowest BCUT2D eigenvalue weighted by Crippen LogP contribution is -2.60. The maximum absolute atomic E-state index is 14.4. The van der Waals surface area contributed by atoms with Gasteiger partial charge in [0.2, 0.25) is 35.4 Å². The molecule has 27 heteroatoms. The number of aromatic nitrogens is 10. The average molecular weight is 960 g/mol. The number of unbranched alkanes of at least 4 members (excludes halogenated alkanes) is 2. The maximum Gasteiger partial charge on any atom is 0.326 e. The van der Waals surface area contributed by atoms with Crippen molar-refractivity contribution in [1.29, 1.82) is 0 Å². The fraction of sp³-hybridized carbons (Fsp3) is 0.476. The summed E-state index contributed by atoms with van der Waals surface area (Å²) in [5.74, 6) is -5.98. The number of hydrogen-bond donors (Lipinski definition) is 15. The number of nitrogens with one attached hydrogen (secondary N) is 11. The van der Waals surface area contributed by atoms with Crippen molar-refractivity contribution < 1.29 is 38.7 Å². The van der Waals surface area contributed by atoms with Gasteiger partial charge < -0.3 is 79.1 Å². The molecule has 0 aliphatic heterocycles. The normalized spacial score (nSPS) is 14.2. The first-order valence-electron chi connectivity index (χ1n) is 22.4. The number of carboxylic acid groups (broad SMARTS) is 1. The van der Waals surface area contributed by atoms with Crippen molar-refractivity contribution >= 4 is 41.4 Å². The van der Waals surface area contributed by atoms with Crippen LogP contribution in [0.2, 0.25) is 0 Å². The van der Waals surface area contributed by atoms with E-state index in [1.54, 1.807) is 6.20 Å². The van der Waals surface area contributed by atoms with Gasteiger partial charge in [-0.1, -0.05) is 6.42 Å². The molecule has 372 valence electrons. The summed E-state index contributed by atoms with van der Waals surface area (Å²) in [5.41, 5.74) is 19.4. The van der Waals surface area contributed by atoms with E-state index in [0.717, 1.165) is 0 Å². The first-order chi connectivity index (χ1) is 33.3. The number of nitrogens with two attached hydrogens (primary N) is 3. The fourth-order valence-electron chi connectivity index (χ4n) is 7.14. The number of carbonyl (C=O) groups excluding carboxylic acids is 6. The highest BCUT2D eigenvalue weighted by atomic mass is 16.4. The Labute approximate surface area is 395 Å². The zero-order valence-electron chi connectivity index (χ0n) is 37.8. The second-order valence-electron chi connectivity index (χ2n) is 16.2. The van der Waals surface area contributed by atoms with Crippen molar-refractivity contribution in [3.63, 3.8) is 0 Å². The Bertz CT molecular complexity index is 2320. The highest BCUT2D eigenvalue weighted by Gasteiger charge is 2.35. The van der Waals surface area contributed by atoms with Crippen molar-refractivity contribution in [2.45, 2.75) is 113 Å². The molecule has 0 aliphatic carbocycles. The van der Waals surface area contributed by atoms with Gasteiger partial charge >= 0.3 is 5.97 Å². The third kappa shape index (κ3) is 17.1. The Morgan fingerprint density at radius 2 is 0.696 bits per heavy atom. The van der Waals surface area contributed by atoms with Crippen LogP contribution >= 0.6 is 0 Å². The van der Waals surface area contributed by atoms with Crippen molar-refractivity contribution in [3.05, 3.63) is 91.1 Å². The van der Waals surface area contributed by atoms with Gasteiger partial charge in [0.25, 0.3) is 0 Å². The van der Waals surface area contributed by atoms with Crippen LogP contribution in [0.4, 0.5) is 0 Å². The molecule has 5 rings (SSSR count). The molecule has 5 heterocycles. The predicted octanol–water partition coefficient (Wildman–Crippen LogP) is -3.61. The van der Waals surface area contributed by atoms with Gasteiger partial charge in [-0.2, -0.15) is 0 Å². The van der Waals surface area contributed by atoms with Gasteiger partial charge in [-0.3, -0.25) is 28.8 Å². The molecule has 0 fully saturated rings. The monoisotopic (exact) mass is 959 g/mol. The van der Waals surface area contributed by atoms with E-state index < -0.39 is 83.7 Å². The van der Waals surface area contributed by atoms with Crippen LogP contribution in [0.15, 0.2) is 62.6 Å². The molecule has 27 nitrogen and oxygen atoms in total. The lowest BCUT2D eigenvalue weighted by Gasteiger charge is -2.27. The molecule has 0 spiro atoms. The molecule has 0 saturated heterocycles. The van der Waals surface area contributed by atoms with Crippen LogP contribution in [-0.4, -0.2) is 152 Å². The van der Waals surface area contributed by atoms with Crippen molar-refractivity contribution in [2.24, 2.45) is 17.2 Å². The number of amides is 6. The minimum atomic E-state index is -1.42. The van der Waals surface area contributed by atoms with E-state index in [0.29, 0.717) is 67.1 Å². The molecular weight excluding hydrogens is 899 g/mol. The average Bonchev–Trinajstić information content (AvgIpc) is 4.19. The number of H-pyrrole nitrogens is 5. The van der Waals surface area contributed by atoms with E-state index in [1.807, 2.05) is 0 Å². The molecule has 5 aromatic rings. The number of carboxylic acids is 1. The molecular formula is C42H61N19O8. The number of carbonyl (C=O) groups is 7. The summed E-state index contributed by atoms with van der Waals surface area (Å²) in [6, 6.07) is -9.04. The Balaban J connectivity index is 1.36. The Morgan fingerprint density at radius 1 is 0.420 bits per heavy atom. The number of aliphatic carboxylic acids is 1. The molecule has 0 saturated carbocycles. The summed E-state index contributed by atoms with van der Waals surface area (Å²) in [6.07, 6.45) is 16.2. The Kier molecular flexibility index (Phi) is 20.5. The van der Waals surface area contributed by atoms with Crippen LogP contribution in [0.5, 0.6) is 0 Å². The van der Waals surface area contributed by atoms with Crippen molar-refractivity contribution in [1.82, 2.24) is 81.7 Å². The van der Waals surface area contributed by atoms with Gasteiger partial charge in [0.15, 0.2) is 0 Å². The van der Waals surface area contributed by atoms with E-state index in [9.17, 15) is 38.7 Å². The molecule has 6 amide bonds. The standard InChI is InChI=1S/C42H61N19O8/c43-7-3-1-5-29(45)36(62)57-31(9-24-14-46-19-51-24)39(65)59-32(10-25-15-47-20-52-25)38(64)56-30(6-2-4-8-44)37(63)58-33(11-26-16-48-21-53-26)40(66)60-34(12-27-17-49-22-54-27)41(67)61-35(42(68)69)13-28-18-50-23-55-28/h14-23,29-35H,1-13,43-45H2,(H,46,51)(H,47,52)(H,48,53)(H,49,54)(H,50,55)(H,56,64)(H,57,62)(H,58,63)(H,59,65)(H,60,66)(H,61,67)(H,68,69)/t29-,30-,31-,32-,33-,34-,35-/m0/s1. The van der Waals surface area contributed by atoms with E-state index in [-0.39, 0.29) is 45.1 Å². The smallest absolute Gasteiger partial charge is 0.326 e. The van der Waals surface area contributed by atoms with Crippen molar-refractivity contribution in [3.8, 4) is 0 Å². The third-order valence-electron chi connectivity index (χ3n) is 10.9. The minimum absolute atomic E-state index is 0.0469. The molecule has 69 heavy (non-hydrogen) atoms. The third-order valence-corrected chi connectivity index (χ3v) is 10.9. The Hall–Kier alpha value is -7.78. The summed E-state index contributed by atoms with van der Waals surface area (Å²) in [6.45, 7) is 0.697. The van der Waals surface area contributed by atoms with Gasteiger partial charge in [0, 0.05) is 63.1 Å². The zero-order chi connectivity index (χ0) is 49.5. The van der Waals surface area contributed by atoms with Crippen LogP contribution in [0, 0.1) is 0 Å². The van der Waals surface area contributed by atoms with Crippen LogP contribution in [0.25, 0.3) is 0 Å². The number of aromatic amines is 5.